The molecule has 0 spiro atoms. The van der Waals surface area contributed by atoms with Crippen LogP contribution in [0.15, 0.2) is 52.2 Å². The van der Waals surface area contributed by atoms with E-state index < -0.39 is 10.0 Å². The first-order chi connectivity index (χ1) is 14.9. The van der Waals surface area contributed by atoms with Gasteiger partial charge in [0.25, 0.3) is 11.8 Å². The molecule has 9 heteroatoms. The number of nitrogens with zero attached hydrogens (tertiary/aromatic N) is 2. The van der Waals surface area contributed by atoms with E-state index in [1.54, 1.807) is 18.2 Å². The molecule has 2 aromatic rings. The smallest absolute Gasteiger partial charge is 0.257 e. The lowest BCUT2D eigenvalue weighted by Crippen LogP contribution is -2.41. The number of nitrogens with one attached hydrogen (secondary N) is 1. The van der Waals surface area contributed by atoms with Crippen LogP contribution < -0.4 is 5.32 Å². The summed E-state index contributed by atoms with van der Waals surface area (Å²) >= 11 is 0. The van der Waals surface area contributed by atoms with Gasteiger partial charge in [-0.15, -0.1) is 0 Å². The van der Waals surface area contributed by atoms with Gasteiger partial charge in [-0.25, -0.2) is 8.42 Å². The minimum atomic E-state index is -3.48. The van der Waals surface area contributed by atoms with Gasteiger partial charge in [0.05, 0.1) is 16.7 Å². The van der Waals surface area contributed by atoms with Gasteiger partial charge in [0, 0.05) is 38.3 Å². The zero-order valence-electron chi connectivity index (χ0n) is 17.3. The van der Waals surface area contributed by atoms with Crippen molar-refractivity contribution in [1.29, 1.82) is 0 Å². The first-order valence-electron chi connectivity index (χ1n) is 10.6. The topological polar surface area (TPSA) is 99.9 Å². The van der Waals surface area contributed by atoms with Gasteiger partial charge in [-0.1, -0.05) is 0 Å². The molecule has 2 saturated heterocycles. The number of sulfonamides is 1. The number of likely N-dealkylation sites (tertiary alicyclic amines) is 1. The van der Waals surface area contributed by atoms with E-state index >= 15 is 0 Å². The Kier molecular flexibility index (Phi) is 6.43. The van der Waals surface area contributed by atoms with E-state index in [1.165, 1.54) is 29.0 Å². The zero-order chi connectivity index (χ0) is 21.8. The molecule has 0 atom stereocenters. The van der Waals surface area contributed by atoms with Crippen LogP contribution >= 0.6 is 0 Å². The Balaban J connectivity index is 1.26. The quantitative estimate of drug-likeness (QED) is 0.736. The Bertz CT molecular complexity index is 1000. The number of hydrogen-bond acceptors (Lipinski definition) is 5. The third kappa shape index (κ3) is 4.83. The van der Waals surface area contributed by atoms with Crippen molar-refractivity contribution >= 4 is 21.8 Å². The fourth-order valence-corrected chi connectivity index (χ4v) is 5.62. The number of hydrogen-bond donors (Lipinski definition) is 1. The lowest BCUT2D eigenvalue weighted by molar-refractivity contribution is 0.0683. The number of amides is 2. The van der Waals surface area contributed by atoms with Crippen molar-refractivity contribution in [1.82, 2.24) is 14.5 Å². The fraction of sp³-hybridized carbons (Fsp3) is 0.455. The van der Waals surface area contributed by atoms with Gasteiger partial charge >= 0.3 is 0 Å². The van der Waals surface area contributed by atoms with E-state index in [0.29, 0.717) is 49.8 Å². The van der Waals surface area contributed by atoms with Crippen LogP contribution in [0.3, 0.4) is 0 Å². The van der Waals surface area contributed by atoms with Gasteiger partial charge in [-0.05, 0) is 61.9 Å². The molecule has 2 aliphatic rings. The molecule has 0 saturated carbocycles. The van der Waals surface area contributed by atoms with Gasteiger partial charge < -0.3 is 14.6 Å². The summed E-state index contributed by atoms with van der Waals surface area (Å²) in [6.45, 7) is 2.93. The second kappa shape index (κ2) is 9.23. The summed E-state index contributed by atoms with van der Waals surface area (Å²) in [5, 5.41) is 2.94. The molecule has 0 bridgehead atoms. The molecule has 166 valence electrons. The molecule has 8 nitrogen and oxygen atoms in total. The fourth-order valence-electron chi connectivity index (χ4n) is 4.10. The molecule has 4 rings (SSSR count). The summed E-state index contributed by atoms with van der Waals surface area (Å²) in [6.07, 6.45) is 6.35. The lowest BCUT2D eigenvalue weighted by Gasteiger charge is -2.31. The van der Waals surface area contributed by atoms with Crippen molar-refractivity contribution < 1.29 is 22.4 Å². The Hall–Kier alpha value is -2.65. The molecule has 0 unspecified atom stereocenters. The normalized spacial score (nSPS) is 18.3. The summed E-state index contributed by atoms with van der Waals surface area (Å²) < 4.78 is 31.6. The van der Waals surface area contributed by atoms with Crippen molar-refractivity contribution in [2.45, 2.75) is 30.6 Å². The number of furan rings is 1. The summed E-state index contributed by atoms with van der Waals surface area (Å²) in [4.78, 5) is 26.9. The first kappa shape index (κ1) is 21.6. The van der Waals surface area contributed by atoms with Gasteiger partial charge in [0.2, 0.25) is 10.0 Å². The van der Waals surface area contributed by atoms with Crippen molar-refractivity contribution in [3.63, 3.8) is 0 Å². The maximum atomic E-state index is 12.6. The Labute approximate surface area is 182 Å². The molecular weight excluding hydrogens is 418 g/mol. The van der Waals surface area contributed by atoms with Gasteiger partial charge in [-0.3, -0.25) is 9.59 Å². The maximum absolute atomic E-state index is 12.6. The highest BCUT2D eigenvalue weighted by Crippen LogP contribution is 2.22. The van der Waals surface area contributed by atoms with E-state index in [2.05, 4.69) is 5.32 Å². The van der Waals surface area contributed by atoms with E-state index in [4.69, 9.17) is 4.42 Å². The van der Waals surface area contributed by atoms with Crippen LogP contribution in [0.25, 0.3) is 0 Å². The molecule has 2 fully saturated rings. The van der Waals surface area contributed by atoms with Crippen LogP contribution in [0.5, 0.6) is 0 Å². The second-order valence-corrected chi connectivity index (χ2v) is 10.0. The predicted octanol–water partition coefficient (Wildman–Crippen LogP) is 2.35. The minimum Gasteiger partial charge on any atom is -0.472 e. The molecule has 1 aromatic heterocycles. The van der Waals surface area contributed by atoms with E-state index in [1.807, 2.05) is 4.90 Å². The first-order valence-corrected chi connectivity index (χ1v) is 12.1. The number of rotatable bonds is 6. The third-order valence-corrected chi connectivity index (χ3v) is 7.95. The van der Waals surface area contributed by atoms with E-state index in [9.17, 15) is 18.0 Å². The van der Waals surface area contributed by atoms with Crippen molar-refractivity contribution in [2.24, 2.45) is 5.92 Å². The molecule has 2 amide bonds. The molecule has 1 N–H and O–H groups in total. The predicted molar refractivity (Wildman–Crippen MR) is 114 cm³/mol. The van der Waals surface area contributed by atoms with Gasteiger partial charge in [0.1, 0.15) is 6.26 Å². The zero-order valence-corrected chi connectivity index (χ0v) is 18.1. The summed E-state index contributed by atoms with van der Waals surface area (Å²) in [6, 6.07) is 7.79. The Morgan fingerprint density at radius 2 is 1.65 bits per heavy atom. The highest BCUT2D eigenvalue weighted by molar-refractivity contribution is 7.89. The van der Waals surface area contributed by atoms with Gasteiger partial charge in [-0.2, -0.15) is 4.31 Å². The highest BCUT2D eigenvalue weighted by Gasteiger charge is 2.27. The molecule has 0 radical (unpaired) electrons. The highest BCUT2D eigenvalue weighted by atomic mass is 32.2. The summed E-state index contributed by atoms with van der Waals surface area (Å²) in [7, 11) is -3.48. The van der Waals surface area contributed by atoms with Crippen LogP contribution in [0, 0.1) is 5.92 Å². The molecule has 31 heavy (non-hydrogen) atoms. The Morgan fingerprint density at radius 1 is 0.968 bits per heavy atom. The maximum Gasteiger partial charge on any atom is 0.257 e. The number of carbonyl (C=O) groups excluding carboxylic acids is 2. The summed E-state index contributed by atoms with van der Waals surface area (Å²) in [5.74, 6) is 0.0504. The molecule has 0 aliphatic carbocycles. The SMILES string of the molecule is O=C(NCC1CCN(C(=O)c2ccoc2)CC1)c1ccc(S(=O)(=O)N2CCCC2)cc1. The van der Waals surface area contributed by atoms with Crippen molar-refractivity contribution in [3.8, 4) is 0 Å². The van der Waals surface area contributed by atoms with E-state index in [0.717, 1.165) is 25.7 Å². The van der Waals surface area contributed by atoms with E-state index in [-0.39, 0.29) is 16.7 Å². The van der Waals surface area contributed by atoms with Gasteiger partial charge in [0.15, 0.2) is 0 Å². The Morgan fingerprint density at radius 3 is 2.26 bits per heavy atom. The van der Waals surface area contributed by atoms with Crippen LogP contribution in [-0.4, -0.2) is 62.2 Å². The molecule has 1 aromatic carbocycles. The van der Waals surface area contributed by atoms with Crippen molar-refractivity contribution in [2.75, 3.05) is 32.7 Å². The van der Waals surface area contributed by atoms with Crippen LogP contribution in [-0.2, 0) is 10.0 Å². The largest absolute Gasteiger partial charge is 0.472 e. The van der Waals surface area contributed by atoms with Crippen LogP contribution in [0.4, 0.5) is 0 Å². The number of piperidine rings is 1. The van der Waals surface area contributed by atoms with Crippen LogP contribution in [0.2, 0.25) is 0 Å². The average molecular weight is 446 g/mol. The molecule has 3 heterocycles. The minimum absolute atomic E-state index is 0.0276. The van der Waals surface area contributed by atoms with Crippen molar-refractivity contribution in [3.05, 3.63) is 54.0 Å². The number of carbonyl (C=O) groups is 2. The standard InChI is InChI=1S/C22H27N3O5S/c26-21(18-3-5-20(6-4-18)31(28,29)25-10-1-2-11-25)23-15-17-7-12-24(13-8-17)22(27)19-9-14-30-16-19/h3-6,9,14,16-17H,1-2,7-8,10-13,15H2,(H,23,26). The summed E-state index contributed by atoms with van der Waals surface area (Å²) in [5.41, 5.74) is 0.995. The van der Waals surface area contributed by atoms with Crippen LogP contribution in [0.1, 0.15) is 46.4 Å². The monoisotopic (exact) mass is 445 g/mol. The average Bonchev–Trinajstić information content (AvgIpc) is 3.52. The number of benzene rings is 1. The lowest BCUT2D eigenvalue weighted by atomic mass is 9.96. The third-order valence-electron chi connectivity index (χ3n) is 6.04. The molecular formula is C22H27N3O5S. The second-order valence-electron chi connectivity index (χ2n) is 8.09. The molecule has 2 aliphatic heterocycles.